The summed E-state index contributed by atoms with van der Waals surface area (Å²) in [5.41, 5.74) is 1.16. The highest BCUT2D eigenvalue weighted by atomic mass is 14.6. The first-order chi connectivity index (χ1) is 10.1. The molecule has 0 saturated heterocycles. The third kappa shape index (κ3) is 1.82. The zero-order chi connectivity index (χ0) is 14.7. The third-order valence-electron chi connectivity index (χ3n) is 8.78. The van der Waals surface area contributed by atoms with Gasteiger partial charge in [-0.25, -0.2) is 0 Å². The Labute approximate surface area is 131 Å². The Kier molecular flexibility index (Phi) is 3.22. The molecule has 7 atom stereocenters. The van der Waals surface area contributed by atoms with Crippen molar-refractivity contribution in [3.8, 4) is 12.3 Å². The van der Waals surface area contributed by atoms with E-state index >= 15 is 0 Å². The monoisotopic (exact) mass is 284 g/mol. The smallest absolute Gasteiger partial charge is 0.0256 e. The molecule has 0 heteroatoms. The van der Waals surface area contributed by atoms with E-state index in [2.05, 4.69) is 19.8 Å². The second kappa shape index (κ2) is 4.78. The summed E-state index contributed by atoms with van der Waals surface area (Å²) in [6.45, 7) is 5.21. The summed E-state index contributed by atoms with van der Waals surface area (Å²) in [7, 11) is 0. The molecule has 4 saturated carbocycles. The van der Waals surface area contributed by atoms with Gasteiger partial charge in [-0.1, -0.05) is 26.7 Å². The van der Waals surface area contributed by atoms with Crippen molar-refractivity contribution < 1.29 is 0 Å². The molecule has 0 radical (unpaired) electrons. The van der Waals surface area contributed by atoms with Gasteiger partial charge >= 0.3 is 0 Å². The van der Waals surface area contributed by atoms with Gasteiger partial charge in [-0.05, 0) is 85.9 Å². The summed E-state index contributed by atoms with van der Waals surface area (Å²) < 4.78 is 0. The van der Waals surface area contributed by atoms with Crippen molar-refractivity contribution in [2.75, 3.05) is 0 Å². The van der Waals surface area contributed by atoms with Crippen LogP contribution in [0.4, 0.5) is 0 Å². The van der Waals surface area contributed by atoms with E-state index < -0.39 is 0 Å². The van der Waals surface area contributed by atoms with Crippen molar-refractivity contribution in [2.24, 2.45) is 40.4 Å². The molecule has 0 spiro atoms. The van der Waals surface area contributed by atoms with Crippen molar-refractivity contribution in [1.29, 1.82) is 0 Å². The van der Waals surface area contributed by atoms with Gasteiger partial charge in [0, 0.05) is 5.92 Å². The largest absolute Gasteiger partial charge is 0.120 e. The molecule has 0 aromatic rings. The normalized spacial score (nSPS) is 56.0. The molecule has 4 aliphatic rings. The Morgan fingerprint density at radius 3 is 2.43 bits per heavy atom. The van der Waals surface area contributed by atoms with Crippen LogP contribution in [0.1, 0.15) is 78.1 Å². The molecular weight excluding hydrogens is 252 g/mol. The summed E-state index contributed by atoms with van der Waals surface area (Å²) >= 11 is 0. The van der Waals surface area contributed by atoms with Crippen LogP contribution in [0.2, 0.25) is 0 Å². The molecule has 0 nitrogen and oxygen atoms in total. The molecule has 116 valence electrons. The Morgan fingerprint density at radius 1 is 0.810 bits per heavy atom. The van der Waals surface area contributed by atoms with Gasteiger partial charge in [-0.3, -0.25) is 0 Å². The van der Waals surface area contributed by atoms with E-state index in [9.17, 15) is 0 Å². The fourth-order valence-corrected chi connectivity index (χ4v) is 7.57. The molecule has 4 fully saturated rings. The standard InChI is InChI=1S/C21H32/c1-4-15-9-11-18-17-10-8-16-7-5-6-13-20(16,2)19(17)12-14-21(15,18)3/h1,15-19H,5-14H2,2-3H3/t15-,16-,17+,18+,19+,20+,21-/m1/s1. The van der Waals surface area contributed by atoms with E-state index in [4.69, 9.17) is 6.42 Å². The molecule has 21 heavy (non-hydrogen) atoms. The molecule has 0 N–H and O–H groups in total. The SMILES string of the molecule is C#C[C@@H]1CC[C@H]2[C@@H]3CC[C@H]4CCCC[C@]4(C)[C@H]3CC[C@]12C. The lowest BCUT2D eigenvalue weighted by Gasteiger charge is -2.60. The zero-order valence-electron chi connectivity index (χ0n) is 14.0. The van der Waals surface area contributed by atoms with Crippen LogP contribution in [-0.4, -0.2) is 0 Å². The van der Waals surface area contributed by atoms with Crippen LogP contribution < -0.4 is 0 Å². The van der Waals surface area contributed by atoms with Crippen LogP contribution in [0.3, 0.4) is 0 Å². The van der Waals surface area contributed by atoms with E-state index in [0.29, 0.717) is 16.7 Å². The van der Waals surface area contributed by atoms with Gasteiger partial charge < -0.3 is 0 Å². The quantitative estimate of drug-likeness (QED) is 0.503. The number of hydrogen-bond acceptors (Lipinski definition) is 0. The van der Waals surface area contributed by atoms with Crippen molar-refractivity contribution in [2.45, 2.75) is 78.1 Å². The van der Waals surface area contributed by atoms with Crippen molar-refractivity contribution >= 4 is 0 Å². The average Bonchev–Trinajstić information content (AvgIpc) is 2.83. The average molecular weight is 284 g/mol. The second-order valence-corrected chi connectivity index (χ2v) is 9.24. The summed E-state index contributed by atoms with van der Waals surface area (Å²) in [6, 6.07) is 0. The van der Waals surface area contributed by atoms with E-state index in [0.717, 1.165) is 23.7 Å². The Morgan fingerprint density at radius 2 is 1.62 bits per heavy atom. The molecule has 0 unspecified atom stereocenters. The topological polar surface area (TPSA) is 0 Å². The van der Waals surface area contributed by atoms with Crippen LogP contribution in [0.25, 0.3) is 0 Å². The van der Waals surface area contributed by atoms with Crippen LogP contribution >= 0.6 is 0 Å². The first-order valence-corrected chi connectivity index (χ1v) is 9.56. The highest BCUT2D eigenvalue weighted by Crippen LogP contribution is 2.67. The van der Waals surface area contributed by atoms with Gasteiger partial charge in [-0.15, -0.1) is 12.3 Å². The highest BCUT2D eigenvalue weighted by Gasteiger charge is 2.59. The second-order valence-electron chi connectivity index (χ2n) is 9.24. The minimum absolute atomic E-state index is 0.480. The van der Waals surface area contributed by atoms with E-state index in [1.54, 1.807) is 0 Å². The number of fused-ring (bicyclic) bond motifs is 5. The number of rotatable bonds is 0. The highest BCUT2D eigenvalue weighted by molar-refractivity contribution is 5.14. The molecule has 4 aliphatic carbocycles. The van der Waals surface area contributed by atoms with Crippen LogP contribution in [0.15, 0.2) is 0 Å². The first-order valence-electron chi connectivity index (χ1n) is 9.56. The minimum atomic E-state index is 0.480. The van der Waals surface area contributed by atoms with Crippen molar-refractivity contribution in [3.63, 3.8) is 0 Å². The molecule has 0 bridgehead atoms. The van der Waals surface area contributed by atoms with Crippen LogP contribution in [0.5, 0.6) is 0 Å². The predicted molar refractivity (Wildman–Crippen MR) is 88.7 cm³/mol. The molecule has 0 amide bonds. The Hall–Kier alpha value is -0.440. The lowest BCUT2D eigenvalue weighted by molar-refractivity contribution is -0.107. The van der Waals surface area contributed by atoms with Crippen LogP contribution in [0, 0.1) is 52.8 Å². The molecule has 0 aromatic carbocycles. The van der Waals surface area contributed by atoms with Gasteiger partial charge in [-0.2, -0.15) is 0 Å². The van der Waals surface area contributed by atoms with Gasteiger partial charge in [0.05, 0.1) is 0 Å². The van der Waals surface area contributed by atoms with Gasteiger partial charge in [0.2, 0.25) is 0 Å². The number of hydrogen-bond donors (Lipinski definition) is 0. The fraction of sp³-hybridized carbons (Fsp3) is 0.905. The number of terminal acetylenes is 1. The maximum Gasteiger partial charge on any atom is 0.0256 e. The Bertz CT molecular complexity index is 457. The fourth-order valence-electron chi connectivity index (χ4n) is 7.57. The van der Waals surface area contributed by atoms with E-state index in [-0.39, 0.29) is 0 Å². The predicted octanol–water partition coefficient (Wildman–Crippen LogP) is 5.67. The van der Waals surface area contributed by atoms with Crippen molar-refractivity contribution in [3.05, 3.63) is 0 Å². The van der Waals surface area contributed by atoms with E-state index in [1.165, 1.54) is 64.2 Å². The van der Waals surface area contributed by atoms with Gasteiger partial charge in [0.15, 0.2) is 0 Å². The molecule has 4 rings (SSSR count). The third-order valence-corrected chi connectivity index (χ3v) is 8.78. The van der Waals surface area contributed by atoms with Gasteiger partial charge in [0.25, 0.3) is 0 Å². The Balaban J connectivity index is 1.64. The maximum atomic E-state index is 5.88. The van der Waals surface area contributed by atoms with Crippen molar-refractivity contribution in [1.82, 2.24) is 0 Å². The summed E-state index contributed by atoms with van der Waals surface area (Å²) in [4.78, 5) is 0. The first kappa shape index (κ1) is 14.2. The molecule has 0 aliphatic heterocycles. The minimum Gasteiger partial charge on any atom is -0.120 e. The molecule has 0 heterocycles. The summed E-state index contributed by atoms with van der Waals surface area (Å²) in [5.74, 6) is 7.74. The molecular formula is C21H32. The maximum absolute atomic E-state index is 5.88. The lowest BCUT2D eigenvalue weighted by Crippen LogP contribution is -2.52. The summed E-state index contributed by atoms with van der Waals surface area (Å²) in [5, 5.41) is 0. The zero-order valence-corrected chi connectivity index (χ0v) is 14.0. The molecule has 0 aromatic heterocycles. The lowest BCUT2D eigenvalue weighted by atomic mass is 9.45. The van der Waals surface area contributed by atoms with Gasteiger partial charge in [0.1, 0.15) is 0 Å². The summed E-state index contributed by atoms with van der Waals surface area (Å²) in [6.07, 6.45) is 20.6. The van der Waals surface area contributed by atoms with E-state index in [1.807, 2.05) is 0 Å². The van der Waals surface area contributed by atoms with Crippen LogP contribution in [-0.2, 0) is 0 Å².